The smallest absolute Gasteiger partial charge is 0.261 e. The number of piperazine rings is 1. The summed E-state index contributed by atoms with van der Waals surface area (Å²) in [5, 5.41) is 0.454. The van der Waals surface area contributed by atoms with Crippen molar-refractivity contribution in [2.75, 3.05) is 31.1 Å². The fourth-order valence-corrected chi connectivity index (χ4v) is 2.87. The first kappa shape index (κ1) is 17.3. The van der Waals surface area contributed by atoms with Crippen molar-refractivity contribution < 1.29 is 14.3 Å². The Morgan fingerprint density at radius 2 is 1.84 bits per heavy atom. The lowest BCUT2D eigenvalue weighted by atomic mass is 10.2. The number of halogens is 1. The van der Waals surface area contributed by atoms with E-state index in [1.54, 1.807) is 29.2 Å². The normalized spacial score (nSPS) is 14.6. The van der Waals surface area contributed by atoms with E-state index in [0.717, 1.165) is 11.3 Å². The van der Waals surface area contributed by atoms with Crippen molar-refractivity contribution in [1.29, 1.82) is 0 Å². The maximum atomic E-state index is 12.4. The third-order valence-electron chi connectivity index (χ3n) is 4.11. The first-order valence-corrected chi connectivity index (χ1v) is 8.44. The van der Waals surface area contributed by atoms with Gasteiger partial charge in [-0.25, -0.2) is 0 Å². The summed E-state index contributed by atoms with van der Waals surface area (Å²) in [4.78, 5) is 27.9. The Bertz CT molecular complexity index is 776. The number of amides is 2. The lowest BCUT2D eigenvalue weighted by Gasteiger charge is -2.34. The van der Waals surface area contributed by atoms with Gasteiger partial charge in [-0.3, -0.25) is 9.59 Å². The molecule has 1 aliphatic rings. The van der Waals surface area contributed by atoms with Gasteiger partial charge in [-0.1, -0.05) is 41.4 Å². The van der Waals surface area contributed by atoms with Crippen molar-refractivity contribution in [2.24, 2.45) is 0 Å². The molecule has 0 radical (unpaired) electrons. The number of carbonyl (C=O) groups excluding carboxylic acids is 2. The number of carbonyl (C=O) groups is 2. The van der Waals surface area contributed by atoms with Gasteiger partial charge < -0.3 is 14.5 Å². The highest BCUT2D eigenvalue weighted by Crippen LogP contribution is 2.23. The minimum atomic E-state index is -0.225. The molecule has 130 valence electrons. The van der Waals surface area contributed by atoms with Gasteiger partial charge in [-0.15, -0.1) is 0 Å². The molecule has 3 rings (SSSR count). The SMILES string of the molecule is Cc1ccc(N2CCN(C(=O)COc3ccccc3Cl)CC2=O)cc1. The zero-order valence-corrected chi connectivity index (χ0v) is 14.7. The number of aryl methyl sites for hydroxylation is 1. The second-order valence-corrected chi connectivity index (χ2v) is 6.32. The van der Waals surface area contributed by atoms with Crippen molar-refractivity contribution in [2.45, 2.75) is 6.92 Å². The number of nitrogens with zero attached hydrogens (tertiary/aromatic N) is 2. The van der Waals surface area contributed by atoms with Gasteiger partial charge in [-0.2, -0.15) is 0 Å². The van der Waals surface area contributed by atoms with Crippen LogP contribution in [0.5, 0.6) is 5.75 Å². The molecule has 1 aliphatic heterocycles. The molecule has 0 bridgehead atoms. The molecule has 0 aliphatic carbocycles. The fraction of sp³-hybridized carbons (Fsp3) is 0.263. The summed E-state index contributed by atoms with van der Waals surface area (Å²) in [5.74, 6) is 0.139. The fourth-order valence-electron chi connectivity index (χ4n) is 2.68. The van der Waals surface area contributed by atoms with E-state index in [2.05, 4.69) is 0 Å². The first-order valence-electron chi connectivity index (χ1n) is 8.07. The van der Waals surface area contributed by atoms with Crippen LogP contribution >= 0.6 is 11.6 Å². The first-order chi connectivity index (χ1) is 12.0. The van der Waals surface area contributed by atoms with E-state index >= 15 is 0 Å². The van der Waals surface area contributed by atoms with Gasteiger partial charge in [0.1, 0.15) is 12.3 Å². The summed E-state index contributed by atoms with van der Waals surface area (Å²) in [6.45, 7) is 2.87. The molecule has 0 unspecified atom stereocenters. The van der Waals surface area contributed by atoms with Gasteiger partial charge in [0, 0.05) is 18.8 Å². The number of benzene rings is 2. The number of para-hydroxylation sites is 1. The number of anilines is 1. The number of hydrogen-bond donors (Lipinski definition) is 0. The number of ether oxygens (including phenoxy) is 1. The van der Waals surface area contributed by atoms with E-state index in [1.807, 2.05) is 31.2 Å². The molecule has 2 amide bonds. The lowest BCUT2D eigenvalue weighted by Crippen LogP contribution is -2.53. The maximum absolute atomic E-state index is 12.4. The van der Waals surface area contributed by atoms with Crippen LogP contribution in [0, 0.1) is 6.92 Å². The molecule has 1 fully saturated rings. The van der Waals surface area contributed by atoms with Gasteiger partial charge in [0.05, 0.1) is 5.02 Å². The Balaban J connectivity index is 1.57. The topological polar surface area (TPSA) is 49.9 Å². The van der Waals surface area contributed by atoms with Gasteiger partial charge in [0.15, 0.2) is 6.61 Å². The van der Waals surface area contributed by atoms with Crippen LogP contribution in [0.2, 0.25) is 5.02 Å². The van der Waals surface area contributed by atoms with E-state index < -0.39 is 0 Å². The zero-order chi connectivity index (χ0) is 17.8. The van der Waals surface area contributed by atoms with Crippen molar-refractivity contribution in [1.82, 2.24) is 4.90 Å². The number of rotatable bonds is 4. The Morgan fingerprint density at radius 1 is 1.12 bits per heavy atom. The average Bonchev–Trinajstić information content (AvgIpc) is 2.61. The van der Waals surface area contributed by atoms with Crippen molar-refractivity contribution in [3.8, 4) is 5.75 Å². The van der Waals surface area contributed by atoms with E-state index in [4.69, 9.17) is 16.3 Å². The summed E-state index contributed by atoms with van der Waals surface area (Å²) in [5.41, 5.74) is 2.00. The highest BCUT2D eigenvalue weighted by molar-refractivity contribution is 6.32. The molecule has 5 nitrogen and oxygen atoms in total. The molecule has 1 heterocycles. The summed E-state index contributed by atoms with van der Waals surface area (Å²) in [6.07, 6.45) is 0. The lowest BCUT2D eigenvalue weighted by molar-refractivity contribution is -0.138. The summed E-state index contributed by atoms with van der Waals surface area (Å²) in [6, 6.07) is 14.8. The Morgan fingerprint density at radius 3 is 2.52 bits per heavy atom. The van der Waals surface area contributed by atoms with Crippen LogP contribution in [0.1, 0.15) is 5.56 Å². The zero-order valence-electron chi connectivity index (χ0n) is 13.9. The Hall–Kier alpha value is -2.53. The van der Waals surface area contributed by atoms with Gasteiger partial charge >= 0.3 is 0 Å². The number of hydrogen-bond acceptors (Lipinski definition) is 3. The standard InChI is InChI=1S/C19H19ClN2O3/c1-14-6-8-15(9-7-14)22-11-10-21(12-18(22)23)19(24)13-25-17-5-3-2-4-16(17)20/h2-9H,10-13H2,1H3. The van der Waals surface area contributed by atoms with Crippen LogP contribution in [0.4, 0.5) is 5.69 Å². The average molecular weight is 359 g/mol. The van der Waals surface area contributed by atoms with E-state index in [9.17, 15) is 9.59 Å². The Kier molecular flexibility index (Phi) is 5.24. The molecule has 0 spiro atoms. The van der Waals surface area contributed by atoms with Crippen LogP contribution in [0.25, 0.3) is 0 Å². The molecule has 0 aromatic heterocycles. The summed E-state index contributed by atoms with van der Waals surface area (Å²) >= 11 is 6.00. The van der Waals surface area contributed by atoms with Gasteiger partial charge in [0.25, 0.3) is 5.91 Å². The molecule has 0 atom stereocenters. The van der Waals surface area contributed by atoms with Crippen molar-refractivity contribution in [3.05, 3.63) is 59.1 Å². The highest BCUT2D eigenvalue weighted by Gasteiger charge is 2.28. The second-order valence-electron chi connectivity index (χ2n) is 5.92. The van der Waals surface area contributed by atoms with E-state index in [0.29, 0.717) is 23.9 Å². The van der Waals surface area contributed by atoms with Crippen LogP contribution in [0.15, 0.2) is 48.5 Å². The molecule has 6 heteroatoms. The minimum absolute atomic E-state index is 0.0542. The molecule has 0 N–H and O–H groups in total. The highest BCUT2D eigenvalue weighted by atomic mass is 35.5. The monoisotopic (exact) mass is 358 g/mol. The molecular weight excluding hydrogens is 340 g/mol. The van der Waals surface area contributed by atoms with Crippen LogP contribution in [-0.4, -0.2) is 43.0 Å². The van der Waals surface area contributed by atoms with E-state index in [-0.39, 0.29) is 25.0 Å². The molecular formula is C19H19ClN2O3. The van der Waals surface area contributed by atoms with Crippen molar-refractivity contribution >= 4 is 29.1 Å². The predicted molar refractivity (Wildman–Crippen MR) is 97.1 cm³/mol. The van der Waals surface area contributed by atoms with Crippen LogP contribution in [-0.2, 0) is 9.59 Å². The molecule has 25 heavy (non-hydrogen) atoms. The summed E-state index contributed by atoms with van der Waals surface area (Å²) < 4.78 is 5.46. The third-order valence-corrected chi connectivity index (χ3v) is 4.42. The van der Waals surface area contributed by atoms with Crippen LogP contribution in [0.3, 0.4) is 0 Å². The van der Waals surface area contributed by atoms with Crippen LogP contribution < -0.4 is 9.64 Å². The maximum Gasteiger partial charge on any atom is 0.261 e. The van der Waals surface area contributed by atoms with Crippen molar-refractivity contribution in [3.63, 3.8) is 0 Å². The molecule has 1 saturated heterocycles. The second kappa shape index (κ2) is 7.57. The summed E-state index contributed by atoms with van der Waals surface area (Å²) in [7, 11) is 0. The Labute approximate surface area is 151 Å². The molecule has 0 saturated carbocycles. The quantitative estimate of drug-likeness (QED) is 0.844. The molecule has 2 aromatic rings. The third kappa shape index (κ3) is 4.12. The minimum Gasteiger partial charge on any atom is -0.482 e. The van der Waals surface area contributed by atoms with E-state index in [1.165, 1.54) is 4.90 Å². The van der Waals surface area contributed by atoms with Gasteiger partial charge in [-0.05, 0) is 31.2 Å². The predicted octanol–water partition coefficient (Wildman–Crippen LogP) is 2.90. The van der Waals surface area contributed by atoms with Gasteiger partial charge in [0.2, 0.25) is 5.91 Å². The molecule has 2 aromatic carbocycles. The largest absolute Gasteiger partial charge is 0.482 e.